The molecule has 0 aliphatic rings. The summed E-state index contributed by atoms with van der Waals surface area (Å²) in [4.78, 5) is 0. The molecule has 0 aliphatic heterocycles. The van der Waals surface area contributed by atoms with E-state index in [0.717, 1.165) is 36.1 Å². The number of rotatable bonds is 24. The molecule has 4 aromatic carbocycles. The summed E-state index contributed by atoms with van der Waals surface area (Å²) in [5.74, 6) is 1.17. The average molecular weight is 869 g/mol. The van der Waals surface area contributed by atoms with Crippen molar-refractivity contribution in [3.05, 3.63) is 126 Å². The molecule has 0 saturated heterocycles. The van der Waals surface area contributed by atoms with Crippen molar-refractivity contribution in [2.24, 2.45) is 23.7 Å². The van der Waals surface area contributed by atoms with Crippen molar-refractivity contribution in [2.75, 3.05) is 20.3 Å². The van der Waals surface area contributed by atoms with Gasteiger partial charge in [0.1, 0.15) is 5.75 Å². The number of hydrogen-bond acceptors (Lipinski definition) is 6. The third-order valence-corrected chi connectivity index (χ3v) is 23.1. The molecule has 6 nitrogen and oxygen atoms in total. The molecule has 61 heavy (non-hydrogen) atoms. The molecule has 0 fully saturated rings. The van der Waals surface area contributed by atoms with Crippen LogP contribution in [-0.2, 0) is 31.5 Å². The van der Waals surface area contributed by atoms with Crippen LogP contribution in [0.2, 0.25) is 23.2 Å². The summed E-state index contributed by atoms with van der Waals surface area (Å²) in [6.07, 6.45) is 2.01. The number of benzene rings is 4. The molecule has 4 aromatic rings. The Morgan fingerprint density at radius 1 is 0.623 bits per heavy atom. The first-order chi connectivity index (χ1) is 28.9. The van der Waals surface area contributed by atoms with Gasteiger partial charge in [0.05, 0.1) is 38.6 Å². The van der Waals surface area contributed by atoms with Gasteiger partial charge in [-0.3, -0.25) is 0 Å². The van der Waals surface area contributed by atoms with E-state index in [9.17, 15) is 5.11 Å². The van der Waals surface area contributed by atoms with Crippen molar-refractivity contribution < 1.29 is 28.2 Å². The van der Waals surface area contributed by atoms with E-state index in [2.05, 4.69) is 185 Å². The molecule has 8 heteroatoms. The Labute approximate surface area is 373 Å². The Morgan fingerprint density at radius 3 is 1.57 bits per heavy atom. The Balaban J connectivity index is 1.78. The van der Waals surface area contributed by atoms with E-state index < -0.39 is 16.6 Å². The summed E-state index contributed by atoms with van der Waals surface area (Å²) < 4.78 is 34.8. The Bertz CT molecular complexity index is 1760. The van der Waals surface area contributed by atoms with Crippen LogP contribution in [-0.4, -0.2) is 60.4 Å². The lowest BCUT2D eigenvalue weighted by atomic mass is 9.78. The zero-order valence-electron chi connectivity index (χ0n) is 39.9. The smallest absolute Gasteiger partial charge is 0.261 e. The van der Waals surface area contributed by atoms with Gasteiger partial charge in [-0.2, -0.15) is 0 Å². The highest BCUT2D eigenvalue weighted by Gasteiger charge is 2.51. The lowest BCUT2D eigenvalue weighted by molar-refractivity contribution is -0.123. The Morgan fingerprint density at radius 2 is 1.11 bits per heavy atom. The molecule has 0 amide bonds. The minimum absolute atomic E-state index is 0.00492. The summed E-state index contributed by atoms with van der Waals surface area (Å²) in [6.45, 7) is 29.5. The molecule has 1 N–H and O–H groups in total. The average Bonchev–Trinajstić information content (AvgIpc) is 3.24. The van der Waals surface area contributed by atoms with Crippen LogP contribution in [0.25, 0.3) is 0 Å². The highest BCUT2D eigenvalue weighted by atomic mass is 28.4. The zero-order valence-corrected chi connectivity index (χ0v) is 41.9. The fraction of sp³-hybridized carbons (Fsp3) is 0.547. The monoisotopic (exact) mass is 869 g/mol. The summed E-state index contributed by atoms with van der Waals surface area (Å²) in [7, 11) is -3.37. The van der Waals surface area contributed by atoms with Gasteiger partial charge in [-0.05, 0) is 81.5 Å². The number of aliphatic hydroxyl groups excluding tert-OH is 1. The second-order valence-electron chi connectivity index (χ2n) is 20.0. The van der Waals surface area contributed by atoms with Crippen LogP contribution >= 0.6 is 0 Å². The molecule has 0 heterocycles. The van der Waals surface area contributed by atoms with Gasteiger partial charge >= 0.3 is 0 Å². The minimum Gasteiger partial charge on any atom is -0.497 e. The Hall–Kier alpha value is -3.09. The summed E-state index contributed by atoms with van der Waals surface area (Å²) >= 11 is 0. The van der Waals surface area contributed by atoms with E-state index in [-0.39, 0.29) is 58.7 Å². The Kier molecular flexibility index (Phi) is 19.1. The number of methoxy groups -OCH3 is 1. The van der Waals surface area contributed by atoms with E-state index in [4.69, 9.17) is 23.1 Å². The van der Waals surface area contributed by atoms with Crippen molar-refractivity contribution >= 4 is 27.0 Å². The van der Waals surface area contributed by atoms with Crippen LogP contribution in [0.1, 0.15) is 99.6 Å². The third kappa shape index (κ3) is 13.5. The highest BCUT2D eigenvalue weighted by Crippen LogP contribution is 2.42. The summed E-state index contributed by atoms with van der Waals surface area (Å²) in [5.41, 5.74) is 2.23. The molecule has 0 radical (unpaired) electrons. The van der Waals surface area contributed by atoms with Crippen LogP contribution in [0.5, 0.6) is 5.75 Å². The van der Waals surface area contributed by atoms with Crippen LogP contribution in [0.4, 0.5) is 0 Å². The standard InChI is InChI=1S/C53H80O6Si2/c1-14-43(37-54)36-40(2)50(56-39-45-30-32-46(55-11)33-31-45)42(4)51(57-38-44-24-18-15-19-25-44)41(3)49(59-60(12,13)52(5,6)7)34-35-58-61(53(8,9)10,47-26-20-16-21-27-47)48-28-22-17-23-29-48/h15-33,40-43,49-51,54H,14,34-39H2,1-13H3/t40-,41-,42+,43-,49-,50-,51-/m0/s1. The van der Waals surface area contributed by atoms with Crippen LogP contribution in [0.3, 0.4) is 0 Å². The quantitative estimate of drug-likeness (QED) is 0.0708. The van der Waals surface area contributed by atoms with Crippen LogP contribution in [0.15, 0.2) is 115 Å². The molecule has 0 unspecified atom stereocenters. The molecule has 0 aromatic heterocycles. The molecule has 0 aliphatic carbocycles. The lowest BCUT2D eigenvalue weighted by Crippen LogP contribution is -2.66. The topological polar surface area (TPSA) is 66.4 Å². The molecular weight excluding hydrogens is 789 g/mol. The van der Waals surface area contributed by atoms with Crippen molar-refractivity contribution in [1.29, 1.82) is 0 Å². The van der Waals surface area contributed by atoms with Crippen molar-refractivity contribution in [3.63, 3.8) is 0 Å². The fourth-order valence-electron chi connectivity index (χ4n) is 8.80. The van der Waals surface area contributed by atoms with Crippen LogP contribution < -0.4 is 15.1 Å². The largest absolute Gasteiger partial charge is 0.497 e. The fourth-order valence-corrected chi connectivity index (χ4v) is 14.8. The predicted octanol–water partition coefficient (Wildman–Crippen LogP) is 11.8. The number of ether oxygens (including phenoxy) is 3. The summed E-state index contributed by atoms with van der Waals surface area (Å²) in [5, 5.41) is 12.8. The maximum absolute atomic E-state index is 10.3. The zero-order chi connectivity index (χ0) is 44.8. The van der Waals surface area contributed by atoms with Crippen molar-refractivity contribution in [3.8, 4) is 5.75 Å². The van der Waals surface area contributed by atoms with Crippen molar-refractivity contribution in [2.45, 2.75) is 143 Å². The highest BCUT2D eigenvalue weighted by molar-refractivity contribution is 6.99. The molecule has 0 saturated carbocycles. The number of aliphatic hydroxyl groups is 1. The molecular formula is C53H80O6Si2. The molecule has 0 bridgehead atoms. The number of hydrogen-bond donors (Lipinski definition) is 1. The van der Waals surface area contributed by atoms with E-state index in [0.29, 0.717) is 19.8 Å². The minimum atomic E-state index is -2.78. The van der Waals surface area contributed by atoms with Crippen LogP contribution in [0, 0.1) is 23.7 Å². The van der Waals surface area contributed by atoms with Gasteiger partial charge in [-0.15, -0.1) is 0 Å². The van der Waals surface area contributed by atoms with Gasteiger partial charge < -0.3 is 28.2 Å². The van der Waals surface area contributed by atoms with Gasteiger partial charge in [-0.25, -0.2) is 0 Å². The SMILES string of the molecule is CC[C@H](CO)C[C@H](C)[C@H](OCc1ccc(OC)cc1)[C@@H](C)[C@@H](OCc1ccccc1)[C@@H](C)[C@H](CCO[Si](c1ccccc1)(c1ccccc1)C(C)(C)C)O[Si](C)(C)C(C)(C)C. The third-order valence-electron chi connectivity index (χ3n) is 13.5. The van der Waals surface area contributed by atoms with Gasteiger partial charge in [0.2, 0.25) is 0 Å². The van der Waals surface area contributed by atoms with Gasteiger partial charge in [0.15, 0.2) is 8.32 Å². The lowest BCUT2D eigenvalue weighted by Gasteiger charge is -2.46. The first kappa shape index (κ1) is 50.6. The maximum atomic E-state index is 10.3. The van der Waals surface area contributed by atoms with E-state index in [1.807, 2.05) is 12.1 Å². The molecule has 0 spiro atoms. The van der Waals surface area contributed by atoms with Gasteiger partial charge in [0, 0.05) is 25.0 Å². The van der Waals surface area contributed by atoms with Gasteiger partial charge in [-0.1, -0.05) is 179 Å². The van der Waals surface area contributed by atoms with E-state index >= 15 is 0 Å². The normalized spacial score (nSPS) is 16.3. The maximum Gasteiger partial charge on any atom is 0.261 e. The second kappa shape index (κ2) is 23.0. The molecule has 4 rings (SSSR count). The van der Waals surface area contributed by atoms with Crippen molar-refractivity contribution in [1.82, 2.24) is 0 Å². The molecule has 336 valence electrons. The first-order valence-electron chi connectivity index (χ1n) is 22.8. The van der Waals surface area contributed by atoms with Gasteiger partial charge in [0.25, 0.3) is 8.32 Å². The summed E-state index contributed by atoms with van der Waals surface area (Å²) in [6, 6.07) is 40.5. The van der Waals surface area contributed by atoms with E-state index in [1.54, 1.807) is 7.11 Å². The van der Waals surface area contributed by atoms with E-state index in [1.165, 1.54) is 10.4 Å². The first-order valence-corrected chi connectivity index (χ1v) is 27.6. The predicted molar refractivity (Wildman–Crippen MR) is 260 cm³/mol. The molecule has 7 atom stereocenters. The second-order valence-corrected chi connectivity index (χ2v) is 29.1.